The van der Waals surface area contributed by atoms with Gasteiger partial charge in [-0.25, -0.2) is 4.39 Å². The van der Waals surface area contributed by atoms with E-state index in [0.29, 0.717) is 21.3 Å². The molecule has 1 aliphatic rings. The van der Waals surface area contributed by atoms with Crippen LogP contribution in [0.5, 0.6) is 0 Å². The van der Waals surface area contributed by atoms with Gasteiger partial charge in [-0.3, -0.25) is 9.59 Å². The van der Waals surface area contributed by atoms with Gasteiger partial charge in [0, 0.05) is 28.6 Å². The molecule has 1 saturated carbocycles. The summed E-state index contributed by atoms with van der Waals surface area (Å²) in [5.41, 5.74) is 0.900. The van der Waals surface area contributed by atoms with E-state index in [1.54, 1.807) is 18.2 Å². The third kappa shape index (κ3) is 4.32. The van der Waals surface area contributed by atoms with Gasteiger partial charge in [-0.15, -0.1) is 23.2 Å². The molecule has 0 aromatic heterocycles. The van der Waals surface area contributed by atoms with Crippen molar-refractivity contribution in [3.05, 3.63) is 57.8 Å². The van der Waals surface area contributed by atoms with Crippen LogP contribution in [0.25, 0.3) is 0 Å². The zero-order chi connectivity index (χ0) is 19.9. The van der Waals surface area contributed by atoms with Crippen molar-refractivity contribution < 1.29 is 14.0 Å². The summed E-state index contributed by atoms with van der Waals surface area (Å²) in [6, 6.07) is 8.69. The van der Waals surface area contributed by atoms with E-state index >= 15 is 0 Å². The lowest BCUT2D eigenvalue weighted by atomic mass is 10.1. The van der Waals surface area contributed by atoms with Gasteiger partial charge in [0.1, 0.15) is 10.2 Å². The van der Waals surface area contributed by atoms with Crippen molar-refractivity contribution in [2.75, 3.05) is 10.6 Å². The fourth-order valence-electron chi connectivity index (χ4n) is 2.93. The predicted octanol–water partition coefficient (Wildman–Crippen LogP) is 5.62. The fourth-order valence-corrected chi connectivity index (χ4v) is 4.30. The van der Waals surface area contributed by atoms with E-state index in [2.05, 4.69) is 10.6 Å². The van der Waals surface area contributed by atoms with E-state index < -0.39 is 33.8 Å². The average Bonchev–Trinajstić information content (AvgIpc) is 3.12. The predicted molar refractivity (Wildman–Crippen MR) is 106 cm³/mol. The van der Waals surface area contributed by atoms with Crippen LogP contribution in [0.2, 0.25) is 10.0 Å². The second kappa shape index (κ2) is 7.47. The molecular formula is C18H13Cl4FN2O2. The Morgan fingerprint density at radius 1 is 1.04 bits per heavy atom. The van der Waals surface area contributed by atoms with E-state index in [0.717, 1.165) is 6.07 Å². The first-order chi connectivity index (χ1) is 12.6. The van der Waals surface area contributed by atoms with Gasteiger partial charge in [0.2, 0.25) is 11.8 Å². The number of hydrogen-bond acceptors (Lipinski definition) is 2. The van der Waals surface area contributed by atoms with Crippen LogP contribution in [-0.2, 0) is 9.59 Å². The SMILES string of the molecule is CC(=O)Nc1cc(NC(=O)C2C(c3cc(Cl)cc(Cl)c3)C2(Cl)Cl)ccc1F. The number of carbonyl (C=O) groups excluding carboxylic acids is 2. The molecule has 2 amide bonds. The Balaban J connectivity index is 1.79. The molecule has 0 aliphatic heterocycles. The number of benzene rings is 2. The second-order valence-electron chi connectivity index (χ2n) is 6.20. The van der Waals surface area contributed by atoms with Gasteiger partial charge in [0.15, 0.2) is 0 Å². The van der Waals surface area contributed by atoms with Crippen molar-refractivity contribution in [1.82, 2.24) is 0 Å². The maximum atomic E-state index is 13.7. The summed E-state index contributed by atoms with van der Waals surface area (Å²) in [7, 11) is 0. The number of carbonyl (C=O) groups is 2. The smallest absolute Gasteiger partial charge is 0.231 e. The highest BCUT2D eigenvalue weighted by molar-refractivity contribution is 6.53. The van der Waals surface area contributed by atoms with Gasteiger partial charge in [-0.05, 0) is 42.0 Å². The second-order valence-corrected chi connectivity index (χ2v) is 8.51. The summed E-state index contributed by atoms with van der Waals surface area (Å²) in [6.07, 6.45) is 0. The molecule has 0 saturated heterocycles. The van der Waals surface area contributed by atoms with Crippen LogP contribution in [0.1, 0.15) is 18.4 Å². The van der Waals surface area contributed by atoms with Crippen molar-refractivity contribution in [2.45, 2.75) is 17.2 Å². The van der Waals surface area contributed by atoms with E-state index in [1.807, 2.05) is 0 Å². The molecule has 0 spiro atoms. The Kier molecular flexibility index (Phi) is 5.59. The molecule has 1 fully saturated rings. The first kappa shape index (κ1) is 20.2. The van der Waals surface area contributed by atoms with Crippen LogP contribution in [0.15, 0.2) is 36.4 Å². The van der Waals surface area contributed by atoms with Gasteiger partial charge in [-0.2, -0.15) is 0 Å². The molecule has 1 aliphatic carbocycles. The minimum Gasteiger partial charge on any atom is -0.326 e. The summed E-state index contributed by atoms with van der Waals surface area (Å²) in [6.45, 7) is 1.25. The lowest BCUT2D eigenvalue weighted by molar-refractivity contribution is -0.117. The topological polar surface area (TPSA) is 58.2 Å². The number of hydrogen-bond donors (Lipinski definition) is 2. The van der Waals surface area contributed by atoms with Crippen LogP contribution in [0.3, 0.4) is 0 Å². The molecule has 2 aromatic rings. The van der Waals surface area contributed by atoms with Crippen LogP contribution < -0.4 is 10.6 Å². The first-order valence-corrected chi connectivity index (χ1v) is 9.32. The summed E-state index contributed by atoms with van der Waals surface area (Å²) in [5, 5.41) is 5.80. The van der Waals surface area contributed by atoms with Crippen LogP contribution in [-0.4, -0.2) is 16.1 Å². The Morgan fingerprint density at radius 3 is 2.26 bits per heavy atom. The van der Waals surface area contributed by atoms with Gasteiger partial charge in [-0.1, -0.05) is 23.2 Å². The molecule has 3 rings (SSSR count). The quantitative estimate of drug-likeness (QED) is 0.595. The minimum atomic E-state index is -1.32. The molecule has 0 bridgehead atoms. The standard InChI is InChI=1S/C18H13Cl4FN2O2/c1-8(26)24-14-7-12(2-3-13(14)23)25-17(27)16-15(18(16,21)22)9-4-10(19)6-11(20)5-9/h2-7,15-16H,1H3,(H,24,26)(H,25,27). The molecule has 2 unspecified atom stereocenters. The van der Waals surface area contributed by atoms with Gasteiger partial charge in [0.05, 0.1) is 11.6 Å². The molecule has 9 heteroatoms. The van der Waals surface area contributed by atoms with Gasteiger partial charge in [0.25, 0.3) is 0 Å². The van der Waals surface area contributed by atoms with Crippen LogP contribution in [0.4, 0.5) is 15.8 Å². The van der Waals surface area contributed by atoms with Gasteiger partial charge < -0.3 is 10.6 Å². The van der Waals surface area contributed by atoms with Crippen molar-refractivity contribution >= 4 is 69.6 Å². The minimum absolute atomic E-state index is 0.0442. The molecular weight excluding hydrogens is 437 g/mol. The highest BCUT2D eigenvalue weighted by Crippen LogP contribution is 2.65. The molecule has 0 radical (unpaired) electrons. The molecule has 2 atom stereocenters. The molecule has 2 aromatic carbocycles. The molecule has 142 valence electrons. The van der Waals surface area contributed by atoms with Crippen molar-refractivity contribution in [2.24, 2.45) is 5.92 Å². The van der Waals surface area contributed by atoms with Gasteiger partial charge >= 0.3 is 0 Å². The molecule has 4 nitrogen and oxygen atoms in total. The highest BCUT2D eigenvalue weighted by atomic mass is 35.5. The number of anilines is 2. The number of alkyl halides is 2. The fraction of sp³-hybridized carbons (Fsp3) is 0.222. The molecule has 27 heavy (non-hydrogen) atoms. The Labute approximate surface area is 174 Å². The lowest BCUT2D eigenvalue weighted by Crippen LogP contribution is -2.17. The summed E-state index contributed by atoms with van der Waals surface area (Å²) in [4.78, 5) is 23.8. The first-order valence-electron chi connectivity index (χ1n) is 7.81. The highest BCUT2D eigenvalue weighted by Gasteiger charge is 2.67. The van der Waals surface area contributed by atoms with Crippen molar-refractivity contribution in [3.8, 4) is 0 Å². The Hall–Kier alpha value is -1.53. The third-order valence-corrected chi connectivity index (χ3v) is 5.50. The number of halogens is 5. The Bertz CT molecular complexity index is 915. The average molecular weight is 450 g/mol. The summed E-state index contributed by atoms with van der Waals surface area (Å²) >= 11 is 24.6. The zero-order valence-corrected chi connectivity index (χ0v) is 16.8. The molecule has 2 N–H and O–H groups in total. The van der Waals surface area contributed by atoms with E-state index in [9.17, 15) is 14.0 Å². The lowest BCUT2D eigenvalue weighted by Gasteiger charge is -2.09. The Morgan fingerprint density at radius 2 is 1.67 bits per heavy atom. The van der Waals surface area contributed by atoms with E-state index in [-0.39, 0.29) is 5.69 Å². The van der Waals surface area contributed by atoms with Crippen LogP contribution in [0, 0.1) is 11.7 Å². The third-order valence-electron chi connectivity index (χ3n) is 4.12. The van der Waals surface area contributed by atoms with Crippen molar-refractivity contribution in [3.63, 3.8) is 0 Å². The number of rotatable bonds is 4. The number of amides is 2. The molecule has 0 heterocycles. The largest absolute Gasteiger partial charge is 0.326 e. The maximum Gasteiger partial charge on any atom is 0.231 e. The van der Waals surface area contributed by atoms with Crippen LogP contribution >= 0.6 is 46.4 Å². The zero-order valence-electron chi connectivity index (χ0n) is 13.8. The van der Waals surface area contributed by atoms with E-state index in [1.165, 1.54) is 19.1 Å². The monoisotopic (exact) mass is 448 g/mol. The normalized spacial score (nSPS) is 20.1. The summed E-state index contributed by atoms with van der Waals surface area (Å²) in [5.74, 6) is -2.73. The van der Waals surface area contributed by atoms with Crippen molar-refractivity contribution in [1.29, 1.82) is 0 Å². The number of nitrogens with one attached hydrogen (secondary N) is 2. The summed E-state index contributed by atoms with van der Waals surface area (Å²) < 4.78 is 12.4. The maximum absolute atomic E-state index is 13.7. The van der Waals surface area contributed by atoms with E-state index in [4.69, 9.17) is 46.4 Å².